The number of nitrogens with one attached hydrogen (secondary N) is 2. The molecule has 1 heterocycles. The van der Waals surface area contributed by atoms with Crippen LogP contribution in [0.1, 0.15) is 27.4 Å². The second-order valence-corrected chi connectivity index (χ2v) is 9.77. The number of carbonyl (C=O) groups is 2. The van der Waals surface area contributed by atoms with Crippen molar-refractivity contribution in [3.05, 3.63) is 120 Å². The van der Waals surface area contributed by atoms with E-state index < -0.39 is 12.0 Å². The number of hydrogen-bond donors (Lipinski definition) is 2. The van der Waals surface area contributed by atoms with E-state index in [4.69, 9.17) is 18.6 Å². The standard InChI is InChI=1S/C34H33N3O6/c1-40-25-17-13-24(14-18-25)33(38)27-7-3-4-8-28(27)36-30(34(39)41-2)21-23-11-15-26(16-12-23)42-20-19-35-22-32-37-29-9-5-6-10-31(29)43-32/h3-18,30,35-36H,19-22H2,1-2H3. The van der Waals surface area contributed by atoms with Gasteiger partial charge in [0, 0.05) is 29.8 Å². The van der Waals surface area contributed by atoms with Crippen molar-refractivity contribution in [1.29, 1.82) is 0 Å². The predicted molar refractivity (Wildman–Crippen MR) is 164 cm³/mol. The first kappa shape index (κ1) is 29.3. The summed E-state index contributed by atoms with van der Waals surface area (Å²) in [5.74, 6) is 1.41. The van der Waals surface area contributed by atoms with E-state index in [1.807, 2.05) is 54.6 Å². The number of anilines is 1. The minimum Gasteiger partial charge on any atom is -0.497 e. The highest BCUT2D eigenvalue weighted by atomic mass is 16.5. The average Bonchev–Trinajstić information content (AvgIpc) is 3.47. The molecule has 4 aromatic carbocycles. The highest BCUT2D eigenvalue weighted by Gasteiger charge is 2.23. The third kappa shape index (κ3) is 7.58. The zero-order chi connectivity index (χ0) is 30.0. The fourth-order valence-electron chi connectivity index (χ4n) is 4.62. The van der Waals surface area contributed by atoms with Gasteiger partial charge in [-0.3, -0.25) is 4.79 Å². The second kappa shape index (κ2) is 14.2. The van der Waals surface area contributed by atoms with Crippen molar-refractivity contribution in [3.63, 3.8) is 0 Å². The molecule has 0 aliphatic rings. The Kier molecular flexibility index (Phi) is 9.66. The van der Waals surface area contributed by atoms with Crippen molar-refractivity contribution in [1.82, 2.24) is 10.3 Å². The molecule has 1 aromatic heterocycles. The van der Waals surface area contributed by atoms with Crippen molar-refractivity contribution in [2.75, 3.05) is 32.7 Å². The number of methoxy groups -OCH3 is 2. The summed E-state index contributed by atoms with van der Waals surface area (Å²) >= 11 is 0. The van der Waals surface area contributed by atoms with Crippen LogP contribution in [0.4, 0.5) is 5.69 Å². The molecular formula is C34H33N3O6. The van der Waals surface area contributed by atoms with Crippen molar-refractivity contribution in [3.8, 4) is 11.5 Å². The van der Waals surface area contributed by atoms with Gasteiger partial charge in [-0.25, -0.2) is 9.78 Å². The maximum atomic E-state index is 13.3. The first-order valence-electron chi connectivity index (χ1n) is 13.9. The van der Waals surface area contributed by atoms with E-state index in [0.29, 0.717) is 60.3 Å². The van der Waals surface area contributed by atoms with Gasteiger partial charge in [-0.1, -0.05) is 36.4 Å². The molecule has 220 valence electrons. The van der Waals surface area contributed by atoms with E-state index >= 15 is 0 Å². The predicted octanol–water partition coefficient (Wildman–Crippen LogP) is 5.43. The Labute approximate surface area is 249 Å². The lowest BCUT2D eigenvalue weighted by atomic mass is 10.00. The van der Waals surface area contributed by atoms with Crippen molar-refractivity contribution >= 4 is 28.5 Å². The lowest BCUT2D eigenvalue weighted by Crippen LogP contribution is -2.33. The molecular weight excluding hydrogens is 546 g/mol. The fraction of sp³-hybridized carbons (Fsp3) is 0.206. The van der Waals surface area contributed by atoms with Crippen molar-refractivity contribution in [2.45, 2.75) is 19.0 Å². The third-order valence-electron chi connectivity index (χ3n) is 6.86. The molecule has 0 radical (unpaired) electrons. The van der Waals surface area contributed by atoms with Crippen molar-refractivity contribution < 1.29 is 28.2 Å². The summed E-state index contributed by atoms with van der Waals surface area (Å²) in [5.41, 5.74) is 4.03. The molecule has 0 spiro atoms. The van der Waals surface area contributed by atoms with Crippen LogP contribution in [0.2, 0.25) is 0 Å². The zero-order valence-corrected chi connectivity index (χ0v) is 24.0. The smallest absolute Gasteiger partial charge is 0.328 e. The molecule has 9 nitrogen and oxygen atoms in total. The van der Waals surface area contributed by atoms with Crippen LogP contribution in [0.15, 0.2) is 101 Å². The Morgan fingerprint density at radius 2 is 1.58 bits per heavy atom. The highest BCUT2D eigenvalue weighted by molar-refractivity contribution is 6.12. The van der Waals surface area contributed by atoms with Crippen LogP contribution in [-0.4, -0.2) is 50.1 Å². The minimum absolute atomic E-state index is 0.167. The van der Waals surface area contributed by atoms with Gasteiger partial charge in [0.2, 0.25) is 5.89 Å². The highest BCUT2D eigenvalue weighted by Crippen LogP contribution is 2.23. The number of aromatic nitrogens is 1. The van der Waals surface area contributed by atoms with Crippen LogP contribution in [0.25, 0.3) is 11.1 Å². The third-order valence-corrected chi connectivity index (χ3v) is 6.86. The molecule has 0 bridgehead atoms. The van der Waals surface area contributed by atoms with Crippen LogP contribution >= 0.6 is 0 Å². The number of hydrogen-bond acceptors (Lipinski definition) is 9. The summed E-state index contributed by atoms with van der Waals surface area (Å²) in [5, 5.41) is 6.50. The van der Waals surface area contributed by atoms with E-state index in [9.17, 15) is 9.59 Å². The number of oxazole rings is 1. The number of ether oxygens (including phenoxy) is 3. The van der Waals surface area contributed by atoms with Gasteiger partial charge in [-0.05, 0) is 66.2 Å². The lowest BCUT2D eigenvalue weighted by Gasteiger charge is -2.20. The molecule has 0 fully saturated rings. The summed E-state index contributed by atoms with van der Waals surface area (Å²) < 4.78 is 21.8. The summed E-state index contributed by atoms with van der Waals surface area (Å²) in [6.07, 6.45) is 0.351. The van der Waals surface area contributed by atoms with E-state index in [-0.39, 0.29) is 5.78 Å². The van der Waals surface area contributed by atoms with Crippen LogP contribution in [0, 0.1) is 0 Å². The number of carbonyl (C=O) groups excluding carboxylic acids is 2. The molecule has 0 aliphatic carbocycles. The largest absolute Gasteiger partial charge is 0.497 e. The molecule has 5 rings (SSSR count). The summed E-state index contributed by atoms with van der Waals surface area (Å²) in [7, 11) is 2.92. The number of ketones is 1. The van der Waals surface area contributed by atoms with Gasteiger partial charge in [0.05, 0.1) is 20.8 Å². The quantitative estimate of drug-likeness (QED) is 0.101. The first-order valence-corrected chi connectivity index (χ1v) is 13.9. The van der Waals surface area contributed by atoms with Gasteiger partial charge in [-0.2, -0.15) is 0 Å². The molecule has 2 N–H and O–H groups in total. The zero-order valence-electron chi connectivity index (χ0n) is 24.0. The number of nitrogens with zero attached hydrogens (tertiary/aromatic N) is 1. The Hall–Kier alpha value is -5.15. The average molecular weight is 580 g/mol. The number of benzene rings is 4. The minimum atomic E-state index is -0.711. The van der Waals surface area contributed by atoms with Gasteiger partial charge in [0.1, 0.15) is 29.7 Å². The van der Waals surface area contributed by atoms with Crippen LogP contribution in [0.5, 0.6) is 11.5 Å². The van der Waals surface area contributed by atoms with Gasteiger partial charge >= 0.3 is 5.97 Å². The summed E-state index contributed by atoms with van der Waals surface area (Å²) in [6.45, 7) is 1.59. The Morgan fingerprint density at radius 1 is 0.860 bits per heavy atom. The molecule has 0 saturated heterocycles. The van der Waals surface area contributed by atoms with E-state index in [1.165, 1.54) is 7.11 Å². The van der Waals surface area contributed by atoms with Crippen LogP contribution < -0.4 is 20.1 Å². The van der Waals surface area contributed by atoms with Crippen LogP contribution in [0.3, 0.4) is 0 Å². The maximum Gasteiger partial charge on any atom is 0.328 e. The molecule has 1 unspecified atom stereocenters. The summed E-state index contributed by atoms with van der Waals surface area (Å²) in [4.78, 5) is 30.5. The van der Waals surface area contributed by atoms with Gasteiger partial charge in [0.15, 0.2) is 11.4 Å². The Morgan fingerprint density at radius 3 is 2.33 bits per heavy atom. The van der Waals surface area contributed by atoms with Crippen LogP contribution in [-0.2, 0) is 22.5 Å². The van der Waals surface area contributed by atoms with Gasteiger partial charge < -0.3 is 29.3 Å². The SMILES string of the molecule is COC(=O)C(Cc1ccc(OCCNCc2nc3ccccc3o2)cc1)Nc1ccccc1C(=O)c1ccc(OC)cc1. The lowest BCUT2D eigenvalue weighted by molar-refractivity contribution is -0.141. The number of rotatable bonds is 14. The molecule has 9 heteroatoms. The van der Waals surface area contributed by atoms with E-state index in [2.05, 4.69) is 15.6 Å². The molecule has 1 atom stereocenters. The monoisotopic (exact) mass is 579 g/mol. The Bertz CT molecular complexity index is 1630. The van der Waals surface area contributed by atoms with E-state index in [0.717, 1.165) is 16.7 Å². The fourth-order valence-corrected chi connectivity index (χ4v) is 4.62. The molecule has 0 saturated carbocycles. The Balaban J connectivity index is 1.16. The number of fused-ring (bicyclic) bond motifs is 1. The van der Waals surface area contributed by atoms with E-state index in [1.54, 1.807) is 49.6 Å². The summed E-state index contributed by atoms with van der Waals surface area (Å²) in [6, 6.07) is 28.5. The van der Waals surface area contributed by atoms with Gasteiger partial charge in [0.25, 0.3) is 0 Å². The molecule has 0 aliphatic heterocycles. The normalized spacial score (nSPS) is 11.6. The molecule has 5 aromatic rings. The molecule has 43 heavy (non-hydrogen) atoms. The second-order valence-electron chi connectivity index (χ2n) is 9.77. The number of esters is 1. The van der Waals surface area contributed by atoms with Gasteiger partial charge in [-0.15, -0.1) is 0 Å². The topological polar surface area (TPSA) is 112 Å². The molecule has 0 amide bonds. The number of para-hydroxylation sites is 3. The maximum absolute atomic E-state index is 13.3. The van der Waals surface area contributed by atoms with Crippen molar-refractivity contribution in [2.24, 2.45) is 0 Å². The first-order chi connectivity index (χ1) is 21.0.